The Morgan fingerprint density at radius 2 is 1.67 bits per heavy atom. The number of ether oxygens (including phenoxy) is 1. The van der Waals surface area contributed by atoms with Crippen LogP contribution in [0.25, 0.3) is 0 Å². The lowest BCUT2D eigenvalue weighted by molar-refractivity contribution is -0.116. The molecule has 0 saturated carbocycles. The molecule has 1 aliphatic rings. The molecule has 30 heavy (non-hydrogen) atoms. The standard InChI is InChI=1S/C22H29N3O4S/c1-16(2)18-7-9-19(10-8-18)23-17(3)22(26)24-20-5-4-6-21(15-20)30(27,28)25-11-13-29-14-12-25/h4-10,15-17,23H,11-14H2,1-3H3,(H,24,26)/t17-/m0/s1. The molecular formula is C22H29N3O4S. The predicted octanol–water partition coefficient (Wildman–Crippen LogP) is 3.27. The molecule has 8 heteroatoms. The van der Waals surface area contributed by atoms with Gasteiger partial charge in [0.1, 0.15) is 6.04 Å². The van der Waals surface area contributed by atoms with Crippen molar-refractivity contribution in [1.82, 2.24) is 4.31 Å². The molecular weight excluding hydrogens is 402 g/mol. The number of benzene rings is 2. The lowest BCUT2D eigenvalue weighted by Crippen LogP contribution is -2.40. The molecule has 0 bridgehead atoms. The highest BCUT2D eigenvalue weighted by atomic mass is 32.2. The highest BCUT2D eigenvalue weighted by Gasteiger charge is 2.26. The number of nitrogens with zero attached hydrogens (tertiary/aromatic N) is 1. The van der Waals surface area contributed by atoms with E-state index >= 15 is 0 Å². The van der Waals surface area contributed by atoms with Gasteiger partial charge in [0.15, 0.2) is 0 Å². The van der Waals surface area contributed by atoms with Gasteiger partial charge < -0.3 is 15.4 Å². The summed E-state index contributed by atoms with van der Waals surface area (Å²) in [7, 11) is -3.61. The van der Waals surface area contributed by atoms with E-state index in [9.17, 15) is 13.2 Å². The fourth-order valence-corrected chi connectivity index (χ4v) is 4.66. The van der Waals surface area contributed by atoms with Gasteiger partial charge in [0, 0.05) is 24.5 Å². The SMILES string of the molecule is CC(C)c1ccc(N[C@@H](C)C(=O)Nc2cccc(S(=O)(=O)N3CCOCC3)c2)cc1. The van der Waals surface area contributed by atoms with Crippen molar-refractivity contribution in [2.24, 2.45) is 0 Å². The van der Waals surface area contributed by atoms with Gasteiger partial charge in [-0.25, -0.2) is 8.42 Å². The summed E-state index contributed by atoms with van der Waals surface area (Å²) in [6.07, 6.45) is 0. The molecule has 162 valence electrons. The minimum atomic E-state index is -3.61. The zero-order valence-corrected chi connectivity index (χ0v) is 18.4. The number of hydrogen-bond acceptors (Lipinski definition) is 5. The van der Waals surface area contributed by atoms with Gasteiger partial charge in [-0.2, -0.15) is 4.31 Å². The summed E-state index contributed by atoms with van der Waals surface area (Å²) in [5.41, 5.74) is 2.53. The molecule has 2 aromatic carbocycles. The van der Waals surface area contributed by atoms with Crippen LogP contribution in [0, 0.1) is 0 Å². The van der Waals surface area contributed by atoms with Gasteiger partial charge in [-0.3, -0.25) is 4.79 Å². The summed E-state index contributed by atoms with van der Waals surface area (Å²) in [6.45, 7) is 7.46. The Balaban J connectivity index is 1.65. The molecule has 1 atom stereocenters. The highest BCUT2D eigenvalue weighted by molar-refractivity contribution is 7.89. The van der Waals surface area contributed by atoms with E-state index in [2.05, 4.69) is 24.5 Å². The minimum Gasteiger partial charge on any atom is -0.379 e. The normalized spacial score (nSPS) is 16.3. The van der Waals surface area contributed by atoms with Crippen LogP contribution in [-0.4, -0.2) is 51.0 Å². The zero-order valence-electron chi connectivity index (χ0n) is 17.6. The molecule has 0 unspecified atom stereocenters. The van der Waals surface area contributed by atoms with E-state index in [0.717, 1.165) is 5.69 Å². The van der Waals surface area contributed by atoms with E-state index in [1.807, 2.05) is 24.3 Å². The first-order valence-corrected chi connectivity index (χ1v) is 11.6. The van der Waals surface area contributed by atoms with Crippen molar-refractivity contribution in [2.45, 2.75) is 37.6 Å². The molecule has 3 rings (SSSR count). The molecule has 0 aliphatic carbocycles. The highest BCUT2D eigenvalue weighted by Crippen LogP contribution is 2.21. The molecule has 7 nitrogen and oxygen atoms in total. The smallest absolute Gasteiger partial charge is 0.246 e. The number of anilines is 2. The second kappa shape index (κ2) is 9.59. The van der Waals surface area contributed by atoms with Crippen LogP contribution in [0.5, 0.6) is 0 Å². The Bertz CT molecular complexity index is 968. The maximum atomic E-state index is 12.8. The average molecular weight is 432 g/mol. The van der Waals surface area contributed by atoms with Crippen molar-refractivity contribution < 1.29 is 17.9 Å². The number of carbonyl (C=O) groups is 1. The van der Waals surface area contributed by atoms with E-state index in [1.165, 1.54) is 15.9 Å². The average Bonchev–Trinajstić information content (AvgIpc) is 2.75. The lowest BCUT2D eigenvalue weighted by Gasteiger charge is -2.26. The van der Waals surface area contributed by atoms with Crippen LogP contribution in [-0.2, 0) is 19.6 Å². The van der Waals surface area contributed by atoms with Crippen LogP contribution >= 0.6 is 0 Å². The summed E-state index contributed by atoms with van der Waals surface area (Å²) >= 11 is 0. The summed E-state index contributed by atoms with van der Waals surface area (Å²) < 4.78 is 32.3. The van der Waals surface area contributed by atoms with Gasteiger partial charge in [0.25, 0.3) is 0 Å². The number of hydrogen-bond donors (Lipinski definition) is 2. The Morgan fingerprint density at radius 1 is 1.00 bits per heavy atom. The predicted molar refractivity (Wildman–Crippen MR) is 118 cm³/mol. The maximum Gasteiger partial charge on any atom is 0.246 e. The van der Waals surface area contributed by atoms with Gasteiger partial charge in [-0.05, 0) is 48.7 Å². The molecule has 0 aromatic heterocycles. The van der Waals surface area contributed by atoms with E-state index in [4.69, 9.17) is 4.74 Å². The second-order valence-corrected chi connectivity index (χ2v) is 9.61. The van der Waals surface area contributed by atoms with Crippen molar-refractivity contribution in [3.05, 3.63) is 54.1 Å². The minimum absolute atomic E-state index is 0.159. The van der Waals surface area contributed by atoms with Crippen LogP contribution in [0.15, 0.2) is 53.4 Å². The second-order valence-electron chi connectivity index (χ2n) is 7.68. The third-order valence-electron chi connectivity index (χ3n) is 5.06. The zero-order chi connectivity index (χ0) is 21.7. The summed E-state index contributed by atoms with van der Waals surface area (Å²) in [5, 5.41) is 5.97. The largest absolute Gasteiger partial charge is 0.379 e. The number of nitrogens with one attached hydrogen (secondary N) is 2. The quantitative estimate of drug-likeness (QED) is 0.703. The number of carbonyl (C=O) groups excluding carboxylic acids is 1. The fourth-order valence-electron chi connectivity index (χ4n) is 3.20. The first kappa shape index (κ1) is 22.3. The third kappa shape index (κ3) is 5.38. The van der Waals surface area contributed by atoms with Crippen LogP contribution in [0.1, 0.15) is 32.3 Å². The Morgan fingerprint density at radius 3 is 2.30 bits per heavy atom. The molecule has 1 heterocycles. The van der Waals surface area contributed by atoms with Crippen LogP contribution in [0.3, 0.4) is 0 Å². The lowest BCUT2D eigenvalue weighted by atomic mass is 10.0. The fraction of sp³-hybridized carbons (Fsp3) is 0.409. The monoisotopic (exact) mass is 431 g/mol. The topological polar surface area (TPSA) is 87.7 Å². The van der Waals surface area contributed by atoms with Crippen molar-refractivity contribution in [3.63, 3.8) is 0 Å². The molecule has 2 aromatic rings. The Kier molecular flexibility index (Phi) is 7.12. The molecule has 1 aliphatic heterocycles. The van der Waals surface area contributed by atoms with Gasteiger partial charge in [-0.15, -0.1) is 0 Å². The molecule has 1 amide bonds. The van der Waals surface area contributed by atoms with Gasteiger partial charge >= 0.3 is 0 Å². The number of morpholine rings is 1. The molecule has 1 fully saturated rings. The first-order valence-electron chi connectivity index (χ1n) is 10.1. The van der Waals surface area contributed by atoms with E-state index in [0.29, 0.717) is 37.9 Å². The van der Waals surface area contributed by atoms with Gasteiger partial charge in [0.2, 0.25) is 15.9 Å². The van der Waals surface area contributed by atoms with E-state index in [-0.39, 0.29) is 10.8 Å². The van der Waals surface area contributed by atoms with Crippen LogP contribution in [0.2, 0.25) is 0 Å². The van der Waals surface area contributed by atoms with Gasteiger partial charge in [0.05, 0.1) is 18.1 Å². The molecule has 2 N–H and O–H groups in total. The van der Waals surface area contributed by atoms with Crippen LogP contribution < -0.4 is 10.6 Å². The Hall–Kier alpha value is -2.42. The van der Waals surface area contributed by atoms with Crippen molar-refractivity contribution in [2.75, 3.05) is 36.9 Å². The summed E-state index contributed by atoms with van der Waals surface area (Å²) in [6, 6.07) is 13.8. The third-order valence-corrected chi connectivity index (χ3v) is 6.96. The van der Waals surface area contributed by atoms with E-state index in [1.54, 1.807) is 25.1 Å². The summed E-state index contributed by atoms with van der Waals surface area (Å²) in [4.78, 5) is 12.8. The number of rotatable bonds is 7. The van der Waals surface area contributed by atoms with Crippen molar-refractivity contribution in [3.8, 4) is 0 Å². The maximum absolute atomic E-state index is 12.8. The van der Waals surface area contributed by atoms with Gasteiger partial charge in [-0.1, -0.05) is 32.0 Å². The van der Waals surface area contributed by atoms with Crippen LogP contribution in [0.4, 0.5) is 11.4 Å². The van der Waals surface area contributed by atoms with Crippen molar-refractivity contribution >= 4 is 27.3 Å². The molecule has 0 radical (unpaired) electrons. The van der Waals surface area contributed by atoms with Crippen molar-refractivity contribution in [1.29, 1.82) is 0 Å². The number of amides is 1. The Labute approximate surface area is 178 Å². The number of sulfonamides is 1. The first-order chi connectivity index (χ1) is 14.3. The molecule has 0 spiro atoms. The molecule has 1 saturated heterocycles. The van der Waals surface area contributed by atoms with E-state index < -0.39 is 16.1 Å². The summed E-state index contributed by atoms with van der Waals surface area (Å²) in [5.74, 6) is 0.199.